The third kappa shape index (κ3) is 0.726. The van der Waals surface area contributed by atoms with Gasteiger partial charge in [-0.15, -0.1) is 0 Å². The predicted octanol–water partition coefficient (Wildman–Crippen LogP) is 1.61. The van der Waals surface area contributed by atoms with E-state index in [0.29, 0.717) is 5.54 Å². The van der Waals surface area contributed by atoms with E-state index in [0.717, 1.165) is 0 Å². The zero-order valence-corrected chi connectivity index (χ0v) is 5.81. The maximum atomic E-state index is 2.24. The zero-order chi connectivity index (χ0) is 6.20. The average molecular weight is 111 g/mol. The van der Waals surface area contributed by atoms with E-state index < -0.39 is 0 Å². The largest absolute Gasteiger partial charge is 0.375 e. The van der Waals surface area contributed by atoms with E-state index in [2.05, 4.69) is 38.1 Å². The number of rotatable bonds is 0. The third-order valence-corrected chi connectivity index (χ3v) is 1.90. The Kier molecular flexibility index (Phi) is 1.07. The number of hydrogen-bond donors (Lipinski definition) is 0. The smallest absolute Gasteiger partial charge is 0.0372 e. The van der Waals surface area contributed by atoms with E-state index in [1.807, 2.05) is 0 Å². The van der Waals surface area contributed by atoms with Gasteiger partial charge in [-0.05, 0) is 26.5 Å². The molecule has 46 valence electrons. The summed E-state index contributed by atoms with van der Waals surface area (Å²) in [7, 11) is 2.11. The molecular weight excluding hydrogens is 98.1 g/mol. The quantitative estimate of drug-likeness (QED) is 0.459. The SMILES string of the molecule is CN1C=CCC1(C)C. The summed E-state index contributed by atoms with van der Waals surface area (Å²) in [6.45, 7) is 4.49. The summed E-state index contributed by atoms with van der Waals surface area (Å²) >= 11 is 0. The van der Waals surface area contributed by atoms with Gasteiger partial charge in [0.15, 0.2) is 0 Å². The van der Waals surface area contributed by atoms with Crippen molar-refractivity contribution in [3.8, 4) is 0 Å². The summed E-state index contributed by atoms with van der Waals surface area (Å²) in [5.74, 6) is 0. The molecule has 1 aliphatic rings. The van der Waals surface area contributed by atoms with Gasteiger partial charge in [0.1, 0.15) is 0 Å². The predicted molar refractivity (Wildman–Crippen MR) is 35.6 cm³/mol. The second kappa shape index (κ2) is 1.51. The summed E-state index contributed by atoms with van der Waals surface area (Å²) in [4.78, 5) is 2.24. The van der Waals surface area contributed by atoms with Gasteiger partial charge in [-0.1, -0.05) is 6.08 Å². The fraction of sp³-hybridized carbons (Fsp3) is 0.714. The molecule has 0 aliphatic carbocycles. The summed E-state index contributed by atoms with van der Waals surface area (Å²) in [6, 6.07) is 0. The van der Waals surface area contributed by atoms with Gasteiger partial charge < -0.3 is 4.90 Å². The van der Waals surface area contributed by atoms with Crippen LogP contribution in [-0.4, -0.2) is 17.5 Å². The monoisotopic (exact) mass is 111 g/mol. The lowest BCUT2D eigenvalue weighted by Crippen LogP contribution is -2.32. The maximum absolute atomic E-state index is 2.24. The van der Waals surface area contributed by atoms with Crippen molar-refractivity contribution in [2.45, 2.75) is 25.8 Å². The fourth-order valence-corrected chi connectivity index (χ4v) is 0.845. The first-order valence-electron chi connectivity index (χ1n) is 3.02. The molecule has 1 nitrogen and oxygen atoms in total. The van der Waals surface area contributed by atoms with Gasteiger partial charge in [-0.3, -0.25) is 0 Å². The van der Waals surface area contributed by atoms with Crippen molar-refractivity contribution in [3.63, 3.8) is 0 Å². The Labute approximate surface area is 51.0 Å². The van der Waals surface area contributed by atoms with E-state index in [9.17, 15) is 0 Å². The first-order valence-corrected chi connectivity index (χ1v) is 3.02. The minimum atomic E-state index is 0.375. The van der Waals surface area contributed by atoms with Crippen molar-refractivity contribution in [2.75, 3.05) is 7.05 Å². The van der Waals surface area contributed by atoms with Crippen molar-refractivity contribution >= 4 is 0 Å². The second-order valence-electron chi connectivity index (χ2n) is 3.01. The molecule has 0 aromatic carbocycles. The lowest BCUT2D eigenvalue weighted by molar-refractivity contribution is 0.252. The second-order valence-corrected chi connectivity index (χ2v) is 3.01. The minimum Gasteiger partial charge on any atom is -0.375 e. The Morgan fingerprint density at radius 1 is 1.50 bits per heavy atom. The van der Waals surface area contributed by atoms with Gasteiger partial charge in [0.25, 0.3) is 0 Å². The van der Waals surface area contributed by atoms with Gasteiger partial charge in [0.2, 0.25) is 0 Å². The highest BCUT2D eigenvalue weighted by Gasteiger charge is 2.22. The molecule has 0 radical (unpaired) electrons. The van der Waals surface area contributed by atoms with Gasteiger partial charge in [0.05, 0.1) is 0 Å². The molecule has 0 unspecified atom stereocenters. The van der Waals surface area contributed by atoms with E-state index in [1.165, 1.54) is 6.42 Å². The fourth-order valence-electron chi connectivity index (χ4n) is 0.845. The van der Waals surface area contributed by atoms with Gasteiger partial charge in [-0.25, -0.2) is 0 Å². The normalized spacial score (nSPS) is 24.6. The van der Waals surface area contributed by atoms with Crippen LogP contribution in [0.4, 0.5) is 0 Å². The Morgan fingerprint density at radius 3 is 2.25 bits per heavy atom. The van der Waals surface area contributed by atoms with Crippen LogP contribution in [0.5, 0.6) is 0 Å². The molecule has 1 rings (SSSR count). The third-order valence-electron chi connectivity index (χ3n) is 1.90. The van der Waals surface area contributed by atoms with Crippen molar-refractivity contribution in [1.82, 2.24) is 4.90 Å². The molecule has 0 saturated carbocycles. The molecule has 8 heavy (non-hydrogen) atoms. The lowest BCUT2D eigenvalue weighted by atomic mass is 10.0. The summed E-state index contributed by atoms with van der Waals surface area (Å²) in [5, 5.41) is 0. The Hall–Kier alpha value is -0.460. The summed E-state index contributed by atoms with van der Waals surface area (Å²) in [6.07, 6.45) is 5.53. The maximum Gasteiger partial charge on any atom is 0.0372 e. The highest BCUT2D eigenvalue weighted by atomic mass is 15.2. The van der Waals surface area contributed by atoms with E-state index in [4.69, 9.17) is 0 Å². The van der Waals surface area contributed by atoms with Crippen LogP contribution >= 0.6 is 0 Å². The van der Waals surface area contributed by atoms with Crippen LogP contribution in [0.2, 0.25) is 0 Å². The Bertz CT molecular complexity index is 114. The van der Waals surface area contributed by atoms with E-state index in [-0.39, 0.29) is 0 Å². The first-order chi connectivity index (χ1) is 3.63. The Balaban J connectivity index is 2.64. The van der Waals surface area contributed by atoms with Gasteiger partial charge >= 0.3 is 0 Å². The Morgan fingerprint density at radius 2 is 2.12 bits per heavy atom. The highest BCUT2D eigenvalue weighted by Crippen LogP contribution is 2.23. The average Bonchev–Trinajstić information content (AvgIpc) is 1.86. The van der Waals surface area contributed by atoms with Crippen molar-refractivity contribution in [1.29, 1.82) is 0 Å². The van der Waals surface area contributed by atoms with Crippen LogP contribution < -0.4 is 0 Å². The summed E-state index contributed by atoms with van der Waals surface area (Å²) in [5.41, 5.74) is 0.375. The van der Waals surface area contributed by atoms with Crippen LogP contribution in [0.25, 0.3) is 0 Å². The molecule has 0 atom stereocenters. The molecule has 0 aromatic rings. The molecule has 1 heteroatoms. The van der Waals surface area contributed by atoms with Crippen LogP contribution in [0, 0.1) is 0 Å². The van der Waals surface area contributed by atoms with Crippen molar-refractivity contribution < 1.29 is 0 Å². The van der Waals surface area contributed by atoms with E-state index in [1.54, 1.807) is 0 Å². The minimum absolute atomic E-state index is 0.375. The summed E-state index contributed by atoms with van der Waals surface area (Å²) < 4.78 is 0. The van der Waals surface area contributed by atoms with Crippen molar-refractivity contribution in [2.24, 2.45) is 0 Å². The molecule has 1 heterocycles. The van der Waals surface area contributed by atoms with Crippen LogP contribution in [-0.2, 0) is 0 Å². The topological polar surface area (TPSA) is 3.24 Å². The molecular formula is C7H13N. The van der Waals surface area contributed by atoms with Gasteiger partial charge in [-0.2, -0.15) is 0 Å². The number of nitrogens with zero attached hydrogens (tertiary/aromatic N) is 1. The molecule has 0 saturated heterocycles. The zero-order valence-electron chi connectivity index (χ0n) is 5.81. The van der Waals surface area contributed by atoms with Gasteiger partial charge in [0, 0.05) is 12.6 Å². The lowest BCUT2D eigenvalue weighted by Gasteiger charge is -2.28. The molecule has 0 N–H and O–H groups in total. The molecule has 1 aliphatic heterocycles. The molecule has 0 spiro atoms. The highest BCUT2D eigenvalue weighted by molar-refractivity contribution is 5.01. The standard InChI is InChI=1S/C7H13N/c1-7(2)5-4-6-8(7)3/h4,6H,5H2,1-3H3. The molecule has 0 bridgehead atoms. The molecule has 0 aromatic heterocycles. The van der Waals surface area contributed by atoms with Crippen molar-refractivity contribution in [3.05, 3.63) is 12.3 Å². The van der Waals surface area contributed by atoms with E-state index >= 15 is 0 Å². The van der Waals surface area contributed by atoms with Crippen LogP contribution in [0.15, 0.2) is 12.3 Å². The van der Waals surface area contributed by atoms with Crippen LogP contribution in [0.1, 0.15) is 20.3 Å². The number of hydrogen-bond acceptors (Lipinski definition) is 1. The molecule has 0 fully saturated rings. The van der Waals surface area contributed by atoms with Crippen LogP contribution in [0.3, 0.4) is 0 Å². The first kappa shape index (κ1) is 5.67. The molecule has 0 amide bonds.